The van der Waals surface area contributed by atoms with Gasteiger partial charge in [0.05, 0.1) is 17.9 Å². The minimum atomic E-state index is -1.14. The molecule has 0 spiro atoms. The van der Waals surface area contributed by atoms with Gasteiger partial charge in [-0.2, -0.15) is 11.3 Å². The zero-order valence-electron chi connectivity index (χ0n) is 12.0. The van der Waals surface area contributed by atoms with Gasteiger partial charge >= 0.3 is 0 Å². The van der Waals surface area contributed by atoms with Crippen molar-refractivity contribution in [2.45, 2.75) is 18.9 Å². The largest absolute Gasteiger partial charge is 0.384 e. The highest BCUT2D eigenvalue weighted by molar-refractivity contribution is 7.08. The molecule has 1 unspecified atom stereocenters. The number of rotatable bonds is 6. The van der Waals surface area contributed by atoms with Crippen LogP contribution in [-0.4, -0.2) is 22.5 Å². The highest BCUT2D eigenvalue weighted by Crippen LogP contribution is 2.22. The Morgan fingerprint density at radius 2 is 2.23 bits per heavy atom. The Balaban J connectivity index is 1.93. The van der Waals surface area contributed by atoms with Crippen LogP contribution in [0.15, 0.2) is 41.1 Å². The van der Waals surface area contributed by atoms with Crippen molar-refractivity contribution in [1.29, 1.82) is 0 Å². The van der Waals surface area contributed by atoms with E-state index in [0.29, 0.717) is 5.56 Å². The Hall–Kier alpha value is -2.25. The number of hydrogen-bond acceptors (Lipinski definition) is 5. The normalized spacial score (nSPS) is 13.4. The third-order valence-electron chi connectivity index (χ3n) is 3.26. The van der Waals surface area contributed by atoms with E-state index < -0.39 is 10.5 Å². The van der Waals surface area contributed by atoms with Gasteiger partial charge in [-0.1, -0.05) is 12.1 Å². The molecule has 0 aliphatic rings. The lowest BCUT2D eigenvalue weighted by Crippen LogP contribution is -2.39. The van der Waals surface area contributed by atoms with Crippen molar-refractivity contribution in [2.75, 3.05) is 6.54 Å². The quantitative estimate of drug-likeness (QED) is 0.630. The molecule has 0 bridgehead atoms. The molecule has 0 saturated heterocycles. The summed E-state index contributed by atoms with van der Waals surface area (Å²) in [5.74, 6) is -0.295. The molecule has 2 N–H and O–H groups in total. The number of hydrogen-bond donors (Lipinski definition) is 2. The molecule has 1 atom stereocenters. The first-order chi connectivity index (χ1) is 10.4. The van der Waals surface area contributed by atoms with E-state index in [0.717, 1.165) is 5.56 Å². The predicted octanol–water partition coefficient (Wildman–Crippen LogP) is 2.22. The van der Waals surface area contributed by atoms with Crippen molar-refractivity contribution < 1.29 is 14.8 Å². The summed E-state index contributed by atoms with van der Waals surface area (Å²) in [4.78, 5) is 22.1. The minimum absolute atomic E-state index is 0.0292. The summed E-state index contributed by atoms with van der Waals surface area (Å²) in [5.41, 5.74) is 0.115. The second kappa shape index (κ2) is 6.67. The molecule has 0 aliphatic carbocycles. The fraction of sp³-hybridized carbons (Fsp3) is 0.267. The van der Waals surface area contributed by atoms with Crippen LogP contribution < -0.4 is 5.32 Å². The molecule has 1 heterocycles. The second-order valence-electron chi connectivity index (χ2n) is 5.17. The van der Waals surface area contributed by atoms with E-state index in [9.17, 15) is 20.0 Å². The molecule has 22 heavy (non-hydrogen) atoms. The van der Waals surface area contributed by atoms with E-state index in [2.05, 4.69) is 5.32 Å². The number of carbonyl (C=O) groups is 1. The standard InChI is InChI=1S/C15H16N2O4S/c1-15(19,12-5-6-22-9-12)10-16-14(18)8-11-3-2-4-13(7-11)17(20)21/h2-7,9,19H,8,10H2,1H3,(H,16,18). The van der Waals surface area contributed by atoms with Crippen molar-refractivity contribution in [1.82, 2.24) is 5.32 Å². The van der Waals surface area contributed by atoms with Gasteiger partial charge in [-0.15, -0.1) is 0 Å². The van der Waals surface area contributed by atoms with Crippen LogP contribution in [0.2, 0.25) is 0 Å². The predicted molar refractivity (Wildman–Crippen MR) is 83.7 cm³/mol. The maximum atomic E-state index is 11.9. The lowest BCUT2D eigenvalue weighted by molar-refractivity contribution is -0.384. The van der Waals surface area contributed by atoms with Crippen molar-refractivity contribution in [3.8, 4) is 0 Å². The van der Waals surface area contributed by atoms with Gasteiger partial charge in [-0.25, -0.2) is 0 Å². The molecule has 7 heteroatoms. The highest BCUT2D eigenvalue weighted by Gasteiger charge is 2.24. The summed E-state index contributed by atoms with van der Waals surface area (Å²) >= 11 is 1.47. The molecule has 0 fully saturated rings. The van der Waals surface area contributed by atoms with Gasteiger partial charge in [-0.3, -0.25) is 14.9 Å². The van der Waals surface area contributed by atoms with Crippen molar-refractivity contribution in [2.24, 2.45) is 0 Å². The van der Waals surface area contributed by atoms with Crippen molar-refractivity contribution in [3.63, 3.8) is 0 Å². The Morgan fingerprint density at radius 1 is 1.45 bits per heavy atom. The number of benzene rings is 1. The van der Waals surface area contributed by atoms with Crippen LogP contribution in [0.25, 0.3) is 0 Å². The van der Waals surface area contributed by atoms with Gasteiger partial charge in [0.15, 0.2) is 0 Å². The number of nitrogens with one attached hydrogen (secondary N) is 1. The van der Waals surface area contributed by atoms with E-state index in [4.69, 9.17) is 0 Å². The molecule has 2 aromatic rings. The van der Waals surface area contributed by atoms with Crippen LogP contribution in [0.1, 0.15) is 18.1 Å². The Bertz CT molecular complexity index is 668. The Kier molecular flexibility index (Phi) is 4.89. The maximum absolute atomic E-state index is 11.9. The van der Waals surface area contributed by atoms with Crippen LogP contribution in [0.4, 0.5) is 5.69 Å². The molecule has 0 aliphatic heterocycles. The van der Waals surface area contributed by atoms with Gasteiger partial charge in [0.25, 0.3) is 5.69 Å². The molecule has 0 saturated carbocycles. The number of non-ortho nitro benzene ring substituents is 1. The lowest BCUT2D eigenvalue weighted by Gasteiger charge is -2.22. The van der Waals surface area contributed by atoms with Gasteiger partial charge in [-0.05, 0) is 34.9 Å². The molecule has 6 nitrogen and oxygen atoms in total. The number of aliphatic hydroxyl groups is 1. The summed E-state index contributed by atoms with van der Waals surface area (Å²) in [6, 6.07) is 7.75. The van der Waals surface area contributed by atoms with Crippen LogP contribution in [0.3, 0.4) is 0 Å². The second-order valence-corrected chi connectivity index (χ2v) is 5.95. The van der Waals surface area contributed by atoms with Gasteiger partial charge in [0, 0.05) is 12.1 Å². The van der Waals surface area contributed by atoms with E-state index >= 15 is 0 Å². The minimum Gasteiger partial charge on any atom is -0.384 e. The summed E-state index contributed by atoms with van der Waals surface area (Å²) in [6.07, 6.45) is 0.0292. The zero-order chi connectivity index (χ0) is 16.2. The number of amides is 1. The number of thiophene rings is 1. The highest BCUT2D eigenvalue weighted by atomic mass is 32.1. The molecule has 1 amide bonds. The molecular weight excluding hydrogens is 304 g/mol. The first-order valence-corrected chi connectivity index (χ1v) is 7.58. The third-order valence-corrected chi connectivity index (χ3v) is 3.94. The molecule has 2 rings (SSSR count). The maximum Gasteiger partial charge on any atom is 0.269 e. The Morgan fingerprint density at radius 3 is 2.86 bits per heavy atom. The molecule has 116 valence electrons. The average molecular weight is 320 g/mol. The first-order valence-electron chi connectivity index (χ1n) is 6.63. The molecule has 1 aromatic heterocycles. The van der Waals surface area contributed by atoms with Gasteiger partial charge < -0.3 is 10.4 Å². The number of nitrogens with zero attached hydrogens (tertiary/aromatic N) is 1. The monoisotopic (exact) mass is 320 g/mol. The summed E-state index contributed by atoms with van der Waals surface area (Å²) in [5, 5.41) is 27.3. The van der Waals surface area contributed by atoms with Crippen LogP contribution in [0, 0.1) is 10.1 Å². The summed E-state index contributed by atoms with van der Waals surface area (Å²) in [6.45, 7) is 1.71. The van der Waals surface area contributed by atoms with E-state index in [1.54, 1.807) is 25.1 Å². The van der Waals surface area contributed by atoms with Crippen LogP contribution >= 0.6 is 11.3 Å². The summed E-state index contributed by atoms with van der Waals surface area (Å²) < 4.78 is 0. The molecule has 0 radical (unpaired) electrons. The SMILES string of the molecule is CC(O)(CNC(=O)Cc1cccc([N+](=O)[O-])c1)c1ccsc1. The van der Waals surface area contributed by atoms with Crippen molar-refractivity contribution >= 4 is 22.9 Å². The lowest BCUT2D eigenvalue weighted by atomic mass is 9.99. The summed E-state index contributed by atoms with van der Waals surface area (Å²) in [7, 11) is 0. The van der Waals surface area contributed by atoms with E-state index in [1.807, 2.05) is 10.8 Å². The van der Waals surface area contributed by atoms with Crippen molar-refractivity contribution in [3.05, 3.63) is 62.3 Å². The number of carbonyl (C=O) groups excluding carboxylic acids is 1. The third kappa shape index (κ3) is 4.12. The molecule has 1 aromatic carbocycles. The Labute approximate surface area is 131 Å². The fourth-order valence-electron chi connectivity index (χ4n) is 1.97. The first kappa shape index (κ1) is 16.1. The molecular formula is C15H16N2O4S. The van der Waals surface area contributed by atoms with Crippen LogP contribution in [-0.2, 0) is 16.8 Å². The number of nitro groups is 1. The van der Waals surface area contributed by atoms with Gasteiger partial charge in [0.2, 0.25) is 5.91 Å². The topological polar surface area (TPSA) is 92.5 Å². The van der Waals surface area contributed by atoms with Crippen LogP contribution in [0.5, 0.6) is 0 Å². The van der Waals surface area contributed by atoms with E-state index in [1.165, 1.54) is 23.5 Å². The average Bonchev–Trinajstić information content (AvgIpc) is 3.00. The smallest absolute Gasteiger partial charge is 0.269 e. The van der Waals surface area contributed by atoms with Gasteiger partial charge in [0.1, 0.15) is 5.60 Å². The zero-order valence-corrected chi connectivity index (χ0v) is 12.8. The van der Waals surface area contributed by atoms with E-state index in [-0.39, 0.29) is 24.6 Å². The fourth-order valence-corrected chi connectivity index (χ4v) is 2.75. The number of nitro benzene ring substituents is 1.